The summed E-state index contributed by atoms with van der Waals surface area (Å²) in [5.74, 6) is 1.52. The fraction of sp³-hybridized carbons (Fsp3) is 0.278. The Morgan fingerprint density at radius 2 is 1.50 bits per heavy atom. The van der Waals surface area contributed by atoms with Crippen molar-refractivity contribution in [3.63, 3.8) is 0 Å². The predicted molar refractivity (Wildman–Crippen MR) is 84.3 cm³/mol. The molecule has 0 amide bonds. The van der Waals surface area contributed by atoms with E-state index in [9.17, 15) is 0 Å². The zero-order chi connectivity index (χ0) is 13.6. The van der Waals surface area contributed by atoms with E-state index in [1.807, 2.05) is 0 Å². The lowest BCUT2D eigenvalue weighted by Gasteiger charge is -2.22. The Bertz CT molecular complexity index is 521. The second-order valence-electron chi connectivity index (χ2n) is 5.19. The minimum Gasteiger partial charge on any atom is -0.374 e. The van der Waals surface area contributed by atoms with E-state index < -0.39 is 0 Å². The average molecular weight is 264 g/mol. The number of hydrogen-bond acceptors (Lipinski definition) is 2. The van der Waals surface area contributed by atoms with E-state index in [1.54, 1.807) is 0 Å². The smallest absolute Gasteiger partial charge is 0.0972 e. The minimum atomic E-state index is 0.377. The molecule has 0 fully saturated rings. The molecule has 0 radical (unpaired) electrons. The van der Waals surface area contributed by atoms with Crippen molar-refractivity contribution in [2.75, 3.05) is 13.1 Å². The van der Waals surface area contributed by atoms with Gasteiger partial charge >= 0.3 is 0 Å². The van der Waals surface area contributed by atoms with Crippen molar-refractivity contribution >= 4 is 5.84 Å². The van der Waals surface area contributed by atoms with Gasteiger partial charge < -0.3 is 5.32 Å². The fourth-order valence-electron chi connectivity index (χ4n) is 2.71. The Morgan fingerprint density at radius 1 is 0.900 bits per heavy atom. The van der Waals surface area contributed by atoms with Crippen molar-refractivity contribution in [2.24, 2.45) is 4.99 Å². The van der Waals surface area contributed by atoms with E-state index >= 15 is 0 Å². The Balaban J connectivity index is 1.89. The van der Waals surface area contributed by atoms with E-state index in [1.165, 1.54) is 11.1 Å². The molecule has 0 saturated carbocycles. The first-order valence-electron chi connectivity index (χ1n) is 7.30. The highest BCUT2D eigenvalue weighted by Crippen LogP contribution is 2.28. The van der Waals surface area contributed by atoms with Gasteiger partial charge in [-0.25, -0.2) is 0 Å². The van der Waals surface area contributed by atoms with Gasteiger partial charge in [0.25, 0.3) is 0 Å². The Hall–Kier alpha value is -2.09. The van der Waals surface area contributed by atoms with Gasteiger partial charge in [0.1, 0.15) is 0 Å². The molecule has 0 unspecified atom stereocenters. The van der Waals surface area contributed by atoms with Crippen LogP contribution in [0.1, 0.15) is 29.9 Å². The molecule has 2 aromatic carbocycles. The van der Waals surface area contributed by atoms with Crippen LogP contribution < -0.4 is 5.32 Å². The second-order valence-corrected chi connectivity index (χ2v) is 5.19. The van der Waals surface area contributed by atoms with Gasteiger partial charge in [-0.05, 0) is 17.5 Å². The zero-order valence-electron chi connectivity index (χ0n) is 11.6. The van der Waals surface area contributed by atoms with Crippen molar-refractivity contribution in [1.29, 1.82) is 0 Å². The molecule has 1 aliphatic heterocycles. The van der Waals surface area contributed by atoms with Crippen LogP contribution in [-0.4, -0.2) is 18.9 Å². The van der Waals surface area contributed by atoms with Gasteiger partial charge in [0, 0.05) is 25.4 Å². The molecule has 2 nitrogen and oxygen atoms in total. The lowest BCUT2D eigenvalue weighted by molar-refractivity contribution is 0.707. The molecule has 1 heterocycles. The number of nitrogens with one attached hydrogen (secondary N) is 1. The Morgan fingerprint density at radius 3 is 2.00 bits per heavy atom. The highest BCUT2D eigenvalue weighted by molar-refractivity contribution is 5.84. The monoisotopic (exact) mass is 264 g/mol. The van der Waals surface area contributed by atoms with Gasteiger partial charge in [-0.15, -0.1) is 0 Å². The van der Waals surface area contributed by atoms with Crippen molar-refractivity contribution in [1.82, 2.24) is 5.32 Å². The van der Waals surface area contributed by atoms with Crippen molar-refractivity contribution in [2.45, 2.75) is 18.8 Å². The number of benzene rings is 2. The number of amidine groups is 1. The van der Waals surface area contributed by atoms with Crippen LogP contribution >= 0.6 is 0 Å². The standard InChI is InChI=1S/C18H20N2/c1-3-8-15(9-4-1)17(16-10-5-2-6-11-16)14-18-19-12-7-13-20-18/h1-6,8-11,17H,7,12-14H2,(H,19,20). The molecule has 1 N–H and O–H groups in total. The Kier molecular flexibility index (Phi) is 4.12. The quantitative estimate of drug-likeness (QED) is 0.896. The van der Waals surface area contributed by atoms with E-state index in [0.29, 0.717) is 5.92 Å². The SMILES string of the molecule is c1ccc(C(CC2=NCCCN2)c2ccccc2)cc1. The van der Waals surface area contributed by atoms with Crippen LogP contribution in [0, 0.1) is 0 Å². The molecule has 2 aromatic rings. The topological polar surface area (TPSA) is 24.4 Å². The van der Waals surface area contributed by atoms with Crippen LogP contribution in [0.4, 0.5) is 0 Å². The number of aliphatic imine (C=N–C) groups is 1. The lowest BCUT2D eigenvalue weighted by atomic mass is 9.88. The number of rotatable bonds is 4. The first kappa shape index (κ1) is 12.9. The van der Waals surface area contributed by atoms with Gasteiger partial charge in [0.2, 0.25) is 0 Å². The van der Waals surface area contributed by atoms with Crippen molar-refractivity contribution in [3.05, 3.63) is 71.8 Å². The summed E-state index contributed by atoms with van der Waals surface area (Å²) in [7, 11) is 0. The van der Waals surface area contributed by atoms with Gasteiger partial charge in [0.15, 0.2) is 0 Å². The molecule has 0 spiro atoms. The van der Waals surface area contributed by atoms with Crippen LogP contribution in [0.15, 0.2) is 65.7 Å². The molecule has 0 atom stereocenters. The largest absolute Gasteiger partial charge is 0.374 e. The summed E-state index contributed by atoms with van der Waals surface area (Å²) in [6.45, 7) is 2.01. The zero-order valence-corrected chi connectivity index (χ0v) is 11.6. The van der Waals surface area contributed by atoms with Gasteiger partial charge in [0.05, 0.1) is 5.84 Å². The third-order valence-corrected chi connectivity index (χ3v) is 3.77. The van der Waals surface area contributed by atoms with Crippen LogP contribution in [0.2, 0.25) is 0 Å². The van der Waals surface area contributed by atoms with Crippen LogP contribution in [-0.2, 0) is 0 Å². The van der Waals surface area contributed by atoms with Crippen LogP contribution in [0.5, 0.6) is 0 Å². The summed E-state index contributed by atoms with van der Waals surface area (Å²) in [5.41, 5.74) is 2.71. The molecule has 2 heteroatoms. The first-order chi connectivity index (χ1) is 9.93. The fourth-order valence-corrected chi connectivity index (χ4v) is 2.71. The highest BCUT2D eigenvalue weighted by Gasteiger charge is 2.17. The summed E-state index contributed by atoms with van der Waals surface area (Å²) in [5, 5.41) is 3.44. The van der Waals surface area contributed by atoms with Gasteiger partial charge in [-0.3, -0.25) is 4.99 Å². The maximum atomic E-state index is 4.63. The van der Waals surface area contributed by atoms with E-state index in [2.05, 4.69) is 71.0 Å². The molecular formula is C18H20N2. The molecule has 0 aromatic heterocycles. The normalized spacial score (nSPS) is 14.8. The molecule has 0 aliphatic carbocycles. The van der Waals surface area contributed by atoms with Crippen molar-refractivity contribution < 1.29 is 0 Å². The number of nitrogens with zero attached hydrogens (tertiary/aromatic N) is 1. The van der Waals surface area contributed by atoms with Crippen LogP contribution in [0.3, 0.4) is 0 Å². The third kappa shape index (κ3) is 3.08. The molecular weight excluding hydrogens is 244 g/mol. The average Bonchev–Trinajstić information content (AvgIpc) is 2.55. The predicted octanol–water partition coefficient (Wildman–Crippen LogP) is 3.60. The molecule has 102 valence electrons. The van der Waals surface area contributed by atoms with E-state index in [4.69, 9.17) is 0 Å². The highest BCUT2D eigenvalue weighted by atomic mass is 15.0. The summed E-state index contributed by atoms with van der Waals surface area (Å²) >= 11 is 0. The van der Waals surface area contributed by atoms with Gasteiger partial charge in [-0.1, -0.05) is 60.7 Å². The number of hydrogen-bond donors (Lipinski definition) is 1. The molecule has 0 saturated heterocycles. The summed E-state index contributed by atoms with van der Waals surface area (Å²) in [6, 6.07) is 21.4. The molecule has 20 heavy (non-hydrogen) atoms. The molecule has 3 rings (SSSR count). The minimum absolute atomic E-state index is 0.377. The van der Waals surface area contributed by atoms with Crippen LogP contribution in [0.25, 0.3) is 0 Å². The third-order valence-electron chi connectivity index (χ3n) is 3.77. The first-order valence-corrected chi connectivity index (χ1v) is 7.30. The van der Waals surface area contributed by atoms with E-state index in [0.717, 1.165) is 31.8 Å². The van der Waals surface area contributed by atoms with E-state index in [-0.39, 0.29) is 0 Å². The Labute approximate surface area is 120 Å². The summed E-state index contributed by atoms with van der Waals surface area (Å²) in [4.78, 5) is 4.63. The maximum Gasteiger partial charge on any atom is 0.0972 e. The summed E-state index contributed by atoms with van der Waals surface area (Å²) < 4.78 is 0. The molecule has 0 bridgehead atoms. The van der Waals surface area contributed by atoms with Gasteiger partial charge in [-0.2, -0.15) is 0 Å². The second kappa shape index (κ2) is 6.38. The maximum absolute atomic E-state index is 4.63. The molecule has 1 aliphatic rings. The summed E-state index contributed by atoms with van der Waals surface area (Å²) in [6.07, 6.45) is 2.10. The lowest BCUT2D eigenvalue weighted by Crippen LogP contribution is -2.30. The van der Waals surface area contributed by atoms with Crippen molar-refractivity contribution in [3.8, 4) is 0 Å².